The Kier molecular flexibility index (Phi) is 3.27. The zero-order chi connectivity index (χ0) is 12.3. The first-order chi connectivity index (χ1) is 8.22. The number of aromatic nitrogens is 2. The van der Waals surface area contributed by atoms with Crippen LogP contribution in [0.5, 0.6) is 0 Å². The van der Waals surface area contributed by atoms with Crippen molar-refractivity contribution in [2.75, 3.05) is 11.9 Å². The molecule has 0 bridgehead atoms. The van der Waals surface area contributed by atoms with Gasteiger partial charge in [-0.3, -0.25) is 4.98 Å². The second-order valence-corrected chi connectivity index (χ2v) is 3.41. The summed E-state index contributed by atoms with van der Waals surface area (Å²) in [4.78, 5) is 8.09. The van der Waals surface area contributed by atoms with Gasteiger partial charge in [-0.2, -0.15) is 0 Å². The predicted octanol–water partition coefficient (Wildman–Crippen LogP) is 2.85. The molecule has 0 radical (unpaired) electrons. The number of nitrogens with one attached hydrogen (secondary N) is 1. The lowest BCUT2D eigenvalue weighted by Crippen LogP contribution is -2.03. The fraction of sp³-hybridized carbons (Fsp3) is 0.167. The Morgan fingerprint density at radius 3 is 2.71 bits per heavy atom. The van der Waals surface area contributed by atoms with Crippen LogP contribution in [0.1, 0.15) is 6.92 Å². The van der Waals surface area contributed by atoms with Crippen LogP contribution >= 0.6 is 0 Å². The second kappa shape index (κ2) is 4.86. The van der Waals surface area contributed by atoms with E-state index in [4.69, 9.17) is 0 Å². The van der Waals surface area contributed by atoms with Gasteiger partial charge in [-0.1, -0.05) is 0 Å². The summed E-state index contributed by atoms with van der Waals surface area (Å²) in [6.45, 7) is 2.52. The van der Waals surface area contributed by atoms with Crippen molar-refractivity contribution in [3.05, 3.63) is 42.2 Å². The van der Waals surface area contributed by atoms with Gasteiger partial charge in [0.1, 0.15) is 17.3 Å². The van der Waals surface area contributed by atoms with Crippen LogP contribution in [0.15, 0.2) is 30.6 Å². The van der Waals surface area contributed by atoms with Gasteiger partial charge in [0.05, 0.1) is 0 Å². The van der Waals surface area contributed by atoms with Gasteiger partial charge in [0.2, 0.25) is 0 Å². The van der Waals surface area contributed by atoms with Crippen LogP contribution in [0.2, 0.25) is 0 Å². The maximum atomic E-state index is 13.6. The SMILES string of the molecule is CCNc1nccnc1-c1cc(F)ccc1F. The lowest BCUT2D eigenvalue weighted by molar-refractivity contribution is 0.602. The maximum Gasteiger partial charge on any atom is 0.152 e. The van der Waals surface area contributed by atoms with Gasteiger partial charge in [-0.05, 0) is 25.1 Å². The molecule has 3 nitrogen and oxygen atoms in total. The van der Waals surface area contributed by atoms with Gasteiger partial charge >= 0.3 is 0 Å². The molecule has 1 aromatic carbocycles. The van der Waals surface area contributed by atoms with E-state index in [0.717, 1.165) is 18.2 Å². The van der Waals surface area contributed by atoms with E-state index in [1.54, 1.807) is 0 Å². The number of hydrogen-bond donors (Lipinski definition) is 1. The molecule has 1 aromatic heterocycles. The summed E-state index contributed by atoms with van der Waals surface area (Å²) in [5.41, 5.74) is 0.417. The molecule has 17 heavy (non-hydrogen) atoms. The predicted molar refractivity (Wildman–Crippen MR) is 61.5 cm³/mol. The van der Waals surface area contributed by atoms with Crippen LogP contribution in [0.3, 0.4) is 0 Å². The molecule has 0 aliphatic heterocycles. The Balaban J connectivity index is 2.55. The Hall–Kier alpha value is -2.04. The van der Waals surface area contributed by atoms with E-state index in [1.807, 2.05) is 6.92 Å². The molecule has 0 fully saturated rings. The molecule has 2 aromatic rings. The zero-order valence-electron chi connectivity index (χ0n) is 9.24. The molecule has 0 spiro atoms. The molecule has 0 atom stereocenters. The molecule has 2 rings (SSSR count). The molecule has 0 unspecified atom stereocenters. The summed E-state index contributed by atoms with van der Waals surface area (Å²) in [7, 11) is 0. The molecule has 1 heterocycles. The molecule has 0 aliphatic carbocycles. The van der Waals surface area contributed by atoms with E-state index in [9.17, 15) is 8.78 Å². The van der Waals surface area contributed by atoms with Gasteiger partial charge in [-0.25, -0.2) is 13.8 Å². The summed E-state index contributed by atoms with van der Waals surface area (Å²) in [5.74, 6) is -0.583. The van der Waals surface area contributed by atoms with Crippen LogP contribution in [0.25, 0.3) is 11.3 Å². The van der Waals surface area contributed by atoms with E-state index in [0.29, 0.717) is 18.1 Å². The van der Waals surface area contributed by atoms with Crippen LogP contribution in [0, 0.1) is 11.6 Å². The summed E-state index contributed by atoms with van der Waals surface area (Å²) in [6, 6.07) is 3.26. The van der Waals surface area contributed by atoms with E-state index in [2.05, 4.69) is 15.3 Å². The van der Waals surface area contributed by atoms with Crippen molar-refractivity contribution >= 4 is 5.82 Å². The summed E-state index contributed by atoms with van der Waals surface area (Å²) in [6.07, 6.45) is 2.94. The van der Waals surface area contributed by atoms with Crippen LogP contribution in [0.4, 0.5) is 14.6 Å². The molecular formula is C12H11F2N3. The lowest BCUT2D eigenvalue weighted by atomic mass is 10.1. The lowest BCUT2D eigenvalue weighted by Gasteiger charge is -2.08. The highest BCUT2D eigenvalue weighted by Crippen LogP contribution is 2.26. The highest BCUT2D eigenvalue weighted by atomic mass is 19.1. The minimum Gasteiger partial charge on any atom is -0.369 e. The first-order valence-corrected chi connectivity index (χ1v) is 5.22. The average molecular weight is 235 g/mol. The number of anilines is 1. The molecule has 1 N–H and O–H groups in total. The van der Waals surface area contributed by atoms with Crippen molar-refractivity contribution in [1.82, 2.24) is 9.97 Å². The van der Waals surface area contributed by atoms with Crippen molar-refractivity contribution in [2.45, 2.75) is 6.92 Å². The van der Waals surface area contributed by atoms with Crippen LogP contribution in [-0.4, -0.2) is 16.5 Å². The van der Waals surface area contributed by atoms with Crippen LogP contribution in [-0.2, 0) is 0 Å². The van der Waals surface area contributed by atoms with E-state index >= 15 is 0 Å². The van der Waals surface area contributed by atoms with E-state index in [-0.39, 0.29) is 5.56 Å². The first kappa shape index (κ1) is 11.4. The average Bonchev–Trinajstić information content (AvgIpc) is 2.34. The molecular weight excluding hydrogens is 224 g/mol. The van der Waals surface area contributed by atoms with Crippen molar-refractivity contribution in [3.8, 4) is 11.3 Å². The highest BCUT2D eigenvalue weighted by Gasteiger charge is 2.12. The maximum absolute atomic E-state index is 13.6. The topological polar surface area (TPSA) is 37.8 Å². The number of hydrogen-bond acceptors (Lipinski definition) is 3. The summed E-state index contributed by atoms with van der Waals surface area (Å²) in [5, 5.41) is 2.96. The summed E-state index contributed by atoms with van der Waals surface area (Å²) < 4.78 is 26.7. The molecule has 0 saturated heterocycles. The van der Waals surface area contributed by atoms with Crippen LogP contribution < -0.4 is 5.32 Å². The van der Waals surface area contributed by atoms with Gasteiger partial charge in [0.25, 0.3) is 0 Å². The third kappa shape index (κ3) is 2.38. The molecule has 0 saturated carbocycles. The first-order valence-electron chi connectivity index (χ1n) is 5.22. The molecule has 0 aliphatic rings. The fourth-order valence-corrected chi connectivity index (χ4v) is 1.51. The smallest absolute Gasteiger partial charge is 0.152 e. The Morgan fingerprint density at radius 2 is 1.94 bits per heavy atom. The molecule has 0 amide bonds. The standard InChI is InChI=1S/C12H11F2N3/c1-2-15-12-11(16-5-6-17-12)9-7-8(13)3-4-10(9)14/h3-7H,2H2,1H3,(H,15,17). The second-order valence-electron chi connectivity index (χ2n) is 3.41. The number of nitrogens with zero attached hydrogens (tertiary/aromatic N) is 2. The molecule has 88 valence electrons. The third-order valence-electron chi connectivity index (χ3n) is 2.23. The fourth-order valence-electron chi connectivity index (χ4n) is 1.51. The van der Waals surface area contributed by atoms with Gasteiger partial charge in [0.15, 0.2) is 5.82 Å². The van der Waals surface area contributed by atoms with Gasteiger partial charge in [0, 0.05) is 24.5 Å². The van der Waals surface area contributed by atoms with Crippen molar-refractivity contribution in [3.63, 3.8) is 0 Å². The minimum atomic E-state index is -0.522. The zero-order valence-corrected chi connectivity index (χ0v) is 9.24. The largest absolute Gasteiger partial charge is 0.369 e. The number of halogens is 2. The van der Waals surface area contributed by atoms with Gasteiger partial charge < -0.3 is 5.32 Å². The Bertz CT molecular complexity index is 529. The highest BCUT2D eigenvalue weighted by molar-refractivity contribution is 5.71. The number of rotatable bonds is 3. The normalized spacial score (nSPS) is 10.3. The number of benzene rings is 1. The summed E-state index contributed by atoms with van der Waals surface area (Å²) >= 11 is 0. The Labute approximate surface area is 97.5 Å². The van der Waals surface area contributed by atoms with E-state index < -0.39 is 11.6 Å². The third-order valence-corrected chi connectivity index (χ3v) is 2.23. The monoisotopic (exact) mass is 235 g/mol. The minimum absolute atomic E-state index is 0.106. The quantitative estimate of drug-likeness (QED) is 0.888. The van der Waals surface area contributed by atoms with Crippen molar-refractivity contribution < 1.29 is 8.78 Å². The van der Waals surface area contributed by atoms with Gasteiger partial charge in [-0.15, -0.1) is 0 Å². The van der Waals surface area contributed by atoms with Crippen molar-refractivity contribution in [1.29, 1.82) is 0 Å². The van der Waals surface area contributed by atoms with E-state index in [1.165, 1.54) is 12.4 Å². The molecule has 5 heteroatoms. The Morgan fingerprint density at radius 1 is 1.18 bits per heavy atom. The van der Waals surface area contributed by atoms with Crippen molar-refractivity contribution in [2.24, 2.45) is 0 Å².